The number of rotatable bonds is 4. The van der Waals surface area contributed by atoms with Gasteiger partial charge in [0.1, 0.15) is 0 Å². The van der Waals surface area contributed by atoms with E-state index in [1.165, 1.54) is 11.3 Å². The molecule has 0 aliphatic heterocycles. The van der Waals surface area contributed by atoms with Crippen molar-refractivity contribution in [2.24, 2.45) is 17.3 Å². The SMILES string of the molecule is CC(C)(C)C#Cc1cc(N(C(=O)[C@H]2CC[C@H](C)CC2)[C@H]2CC[C@@H](O)CC2)c(-c2nnn[nH]2)s1. The number of hydrogen-bond donors (Lipinski definition) is 2. The number of H-pyrrole nitrogens is 1. The molecule has 0 aromatic carbocycles. The van der Waals surface area contributed by atoms with E-state index in [1.54, 1.807) is 0 Å². The Hall–Kier alpha value is -2.24. The van der Waals surface area contributed by atoms with Crippen molar-refractivity contribution in [1.29, 1.82) is 0 Å². The zero-order valence-electron chi connectivity index (χ0n) is 20.1. The van der Waals surface area contributed by atoms with Crippen molar-refractivity contribution < 1.29 is 9.90 Å². The van der Waals surface area contributed by atoms with E-state index in [0.29, 0.717) is 11.7 Å². The maximum Gasteiger partial charge on any atom is 0.230 e. The molecule has 33 heavy (non-hydrogen) atoms. The molecule has 2 aliphatic carbocycles. The fraction of sp³-hybridized carbons (Fsp3) is 0.680. The third kappa shape index (κ3) is 5.82. The van der Waals surface area contributed by atoms with Crippen LogP contribution in [-0.2, 0) is 4.79 Å². The second-order valence-electron chi connectivity index (χ2n) is 10.7. The number of amides is 1. The van der Waals surface area contributed by atoms with Crippen LogP contribution in [0.15, 0.2) is 6.07 Å². The molecule has 0 saturated heterocycles. The van der Waals surface area contributed by atoms with Crippen LogP contribution in [0.2, 0.25) is 0 Å². The van der Waals surface area contributed by atoms with Crippen molar-refractivity contribution in [3.05, 3.63) is 10.9 Å². The summed E-state index contributed by atoms with van der Waals surface area (Å²) in [6.07, 6.45) is 6.81. The molecule has 0 atom stereocenters. The van der Waals surface area contributed by atoms with Gasteiger partial charge in [-0.25, -0.2) is 5.10 Å². The quantitative estimate of drug-likeness (QED) is 0.628. The number of tetrazole rings is 1. The molecule has 2 fully saturated rings. The van der Waals surface area contributed by atoms with Crippen molar-refractivity contribution in [3.63, 3.8) is 0 Å². The maximum atomic E-state index is 14.0. The zero-order chi connectivity index (χ0) is 23.6. The van der Waals surface area contributed by atoms with E-state index >= 15 is 0 Å². The Morgan fingerprint density at radius 3 is 2.45 bits per heavy atom. The van der Waals surface area contributed by atoms with Gasteiger partial charge in [0.15, 0.2) is 5.82 Å². The molecule has 8 heteroatoms. The molecule has 0 unspecified atom stereocenters. The van der Waals surface area contributed by atoms with Gasteiger partial charge >= 0.3 is 0 Å². The summed E-state index contributed by atoms with van der Waals surface area (Å²) in [5, 5.41) is 24.7. The largest absolute Gasteiger partial charge is 0.393 e. The average molecular weight is 470 g/mol. The lowest BCUT2D eigenvalue weighted by Gasteiger charge is -2.39. The first-order valence-electron chi connectivity index (χ1n) is 12.1. The lowest BCUT2D eigenvalue weighted by Crippen LogP contribution is -2.46. The third-order valence-corrected chi connectivity index (χ3v) is 7.77. The smallest absolute Gasteiger partial charge is 0.230 e. The van der Waals surface area contributed by atoms with Gasteiger partial charge in [-0.1, -0.05) is 18.8 Å². The summed E-state index contributed by atoms with van der Waals surface area (Å²) >= 11 is 1.52. The summed E-state index contributed by atoms with van der Waals surface area (Å²) < 4.78 is 0. The predicted octanol–water partition coefficient (Wildman–Crippen LogP) is 4.79. The zero-order valence-corrected chi connectivity index (χ0v) is 20.9. The average Bonchev–Trinajstić information content (AvgIpc) is 3.44. The molecular formula is C25H35N5O2S. The van der Waals surface area contributed by atoms with Crippen LogP contribution in [0.3, 0.4) is 0 Å². The van der Waals surface area contributed by atoms with E-state index in [4.69, 9.17) is 0 Å². The summed E-state index contributed by atoms with van der Waals surface area (Å²) in [6, 6.07) is 2.10. The number of aromatic nitrogens is 4. The molecule has 0 bridgehead atoms. The van der Waals surface area contributed by atoms with Crippen LogP contribution in [0, 0.1) is 29.1 Å². The highest BCUT2D eigenvalue weighted by molar-refractivity contribution is 7.16. The number of carbonyl (C=O) groups is 1. The van der Waals surface area contributed by atoms with Gasteiger partial charge in [0, 0.05) is 17.4 Å². The standard InChI is InChI=1S/C25H35N5O2S/c1-16-5-7-17(8-6-16)24(32)30(18-9-11-19(31)12-10-18)21-15-20(13-14-25(2,3)4)33-22(21)23-26-28-29-27-23/h15-19,31H,5-12H2,1-4H3,(H,26,27,28,29)/t16-,17-,18-,19+. The lowest BCUT2D eigenvalue weighted by molar-refractivity contribution is -0.124. The Morgan fingerprint density at radius 2 is 1.85 bits per heavy atom. The van der Waals surface area contributed by atoms with Gasteiger partial charge < -0.3 is 10.0 Å². The number of aliphatic hydroxyl groups excluding tert-OH is 1. The summed E-state index contributed by atoms with van der Waals surface area (Å²) in [4.78, 5) is 17.8. The number of nitrogens with zero attached hydrogens (tertiary/aromatic N) is 4. The third-order valence-electron chi connectivity index (χ3n) is 6.73. The van der Waals surface area contributed by atoms with Gasteiger partial charge in [-0.15, -0.1) is 16.4 Å². The minimum absolute atomic E-state index is 0.0396. The Morgan fingerprint density at radius 1 is 1.15 bits per heavy atom. The summed E-state index contributed by atoms with van der Waals surface area (Å²) in [5.74, 6) is 8.09. The first kappa shape index (κ1) is 23.9. The normalized spacial score (nSPS) is 25.8. The van der Waals surface area contributed by atoms with E-state index in [-0.39, 0.29) is 29.4 Å². The monoisotopic (exact) mass is 469 g/mol. The first-order chi connectivity index (χ1) is 15.7. The molecule has 4 rings (SSSR count). The summed E-state index contributed by atoms with van der Waals surface area (Å²) in [6.45, 7) is 8.53. The van der Waals surface area contributed by atoms with Crippen LogP contribution >= 0.6 is 11.3 Å². The van der Waals surface area contributed by atoms with Gasteiger partial charge in [0.05, 0.1) is 21.5 Å². The summed E-state index contributed by atoms with van der Waals surface area (Å²) in [5.41, 5.74) is 0.730. The number of thiophene rings is 1. The minimum atomic E-state index is -0.276. The van der Waals surface area contributed by atoms with Crippen molar-refractivity contribution in [3.8, 4) is 22.5 Å². The van der Waals surface area contributed by atoms with Crippen LogP contribution in [0.4, 0.5) is 5.69 Å². The van der Waals surface area contributed by atoms with Gasteiger partial charge in [-0.2, -0.15) is 0 Å². The molecule has 2 aliphatic rings. The van der Waals surface area contributed by atoms with E-state index in [9.17, 15) is 9.90 Å². The number of nitrogens with one attached hydrogen (secondary N) is 1. The summed E-state index contributed by atoms with van der Waals surface area (Å²) in [7, 11) is 0. The van der Waals surface area contributed by atoms with Crippen LogP contribution in [0.1, 0.15) is 83.9 Å². The topological polar surface area (TPSA) is 95.0 Å². The molecule has 2 aromatic heterocycles. The van der Waals surface area contributed by atoms with E-state index in [0.717, 1.165) is 66.8 Å². The fourth-order valence-corrected chi connectivity index (χ4v) is 5.75. The molecule has 2 saturated carbocycles. The first-order valence-corrected chi connectivity index (χ1v) is 12.9. The maximum absolute atomic E-state index is 14.0. The van der Waals surface area contributed by atoms with Crippen molar-refractivity contribution in [2.75, 3.05) is 4.90 Å². The number of carbonyl (C=O) groups excluding carboxylic acids is 1. The van der Waals surface area contributed by atoms with Gasteiger partial charge in [0.2, 0.25) is 5.91 Å². The van der Waals surface area contributed by atoms with Crippen LogP contribution in [0.25, 0.3) is 10.7 Å². The molecule has 2 N–H and O–H groups in total. The molecule has 0 spiro atoms. The van der Waals surface area contributed by atoms with Gasteiger partial charge in [0.25, 0.3) is 0 Å². The number of aliphatic hydroxyl groups is 1. The Kier molecular flexibility index (Phi) is 7.20. The number of aromatic amines is 1. The molecule has 0 radical (unpaired) electrons. The van der Waals surface area contributed by atoms with Crippen molar-refractivity contribution >= 4 is 22.9 Å². The Bertz CT molecular complexity index is 998. The molecule has 2 heterocycles. The number of hydrogen-bond acceptors (Lipinski definition) is 6. The molecule has 7 nitrogen and oxygen atoms in total. The van der Waals surface area contributed by atoms with Crippen LogP contribution in [-0.4, -0.2) is 43.8 Å². The van der Waals surface area contributed by atoms with E-state index in [1.807, 2.05) is 11.0 Å². The van der Waals surface area contributed by atoms with Crippen molar-refractivity contribution in [2.45, 2.75) is 91.2 Å². The second-order valence-corrected chi connectivity index (χ2v) is 11.8. The predicted molar refractivity (Wildman–Crippen MR) is 131 cm³/mol. The van der Waals surface area contributed by atoms with Gasteiger partial charge in [-0.3, -0.25) is 4.79 Å². The van der Waals surface area contributed by atoms with E-state index < -0.39 is 0 Å². The molecular weight excluding hydrogens is 434 g/mol. The highest BCUT2D eigenvalue weighted by Gasteiger charge is 2.37. The molecule has 1 amide bonds. The van der Waals surface area contributed by atoms with E-state index in [2.05, 4.69) is 60.2 Å². The highest BCUT2D eigenvalue weighted by atomic mass is 32.1. The lowest BCUT2D eigenvalue weighted by atomic mass is 9.81. The minimum Gasteiger partial charge on any atom is -0.393 e. The van der Waals surface area contributed by atoms with Crippen LogP contribution < -0.4 is 4.90 Å². The van der Waals surface area contributed by atoms with Gasteiger partial charge in [-0.05, 0) is 94.5 Å². The fourth-order valence-electron chi connectivity index (χ4n) is 4.81. The van der Waals surface area contributed by atoms with Crippen molar-refractivity contribution in [1.82, 2.24) is 20.6 Å². The Labute approximate surface area is 200 Å². The molecule has 178 valence electrons. The van der Waals surface area contributed by atoms with Crippen LogP contribution in [0.5, 0.6) is 0 Å². The second kappa shape index (κ2) is 9.94. The highest BCUT2D eigenvalue weighted by Crippen LogP contribution is 2.42. The molecule has 2 aromatic rings. The number of anilines is 1. The Balaban J connectivity index is 1.75.